The summed E-state index contributed by atoms with van der Waals surface area (Å²) in [5, 5.41) is 4.32. The normalized spacial score (nSPS) is 18.2. The summed E-state index contributed by atoms with van der Waals surface area (Å²) in [7, 11) is 4.23. The fraction of sp³-hybridized carbons (Fsp3) is 0.625. The van der Waals surface area contributed by atoms with Crippen molar-refractivity contribution >= 4 is 11.6 Å². The maximum absolute atomic E-state index is 6.01. The lowest BCUT2D eigenvalue weighted by Gasteiger charge is -2.29. The van der Waals surface area contributed by atoms with E-state index in [1.54, 1.807) is 0 Å². The van der Waals surface area contributed by atoms with Crippen molar-refractivity contribution in [3.63, 3.8) is 0 Å². The highest BCUT2D eigenvalue weighted by Crippen LogP contribution is 2.30. The average molecular weight is 297 g/mol. The summed E-state index contributed by atoms with van der Waals surface area (Å²) in [5.41, 5.74) is 1.48. The van der Waals surface area contributed by atoms with Gasteiger partial charge in [0.2, 0.25) is 0 Å². The van der Waals surface area contributed by atoms with Gasteiger partial charge in [-0.05, 0) is 43.3 Å². The van der Waals surface area contributed by atoms with Gasteiger partial charge in [-0.15, -0.1) is 0 Å². The molecule has 0 spiro atoms. The van der Waals surface area contributed by atoms with Crippen LogP contribution in [0.5, 0.6) is 5.75 Å². The van der Waals surface area contributed by atoms with Gasteiger partial charge < -0.3 is 15.0 Å². The molecule has 0 saturated heterocycles. The summed E-state index contributed by atoms with van der Waals surface area (Å²) >= 11 is 6.01. The summed E-state index contributed by atoms with van der Waals surface area (Å²) in [6, 6.07) is 5.86. The van der Waals surface area contributed by atoms with Gasteiger partial charge >= 0.3 is 0 Å². The van der Waals surface area contributed by atoms with Crippen LogP contribution in [0, 0.1) is 5.41 Å². The second-order valence-corrected chi connectivity index (χ2v) is 7.17. The minimum absolute atomic E-state index is 0.221. The Hall–Kier alpha value is -0.770. The Morgan fingerprint density at radius 3 is 2.85 bits per heavy atom. The van der Waals surface area contributed by atoms with Crippen LogP contribution in [-0.4, -0.2) is 44.7 Å². The SMILES string of the molecule is CN(C)CC(C)(C)CNCC1Cc2cc(Cl)ccc2O1. The van der Waals surface area contributed by atoms with E-state index in [1.807, 2.05) is 18.2 Å². The van der Waals surface area contributed by atoms with Crippen molar-refractivity contribution in [2.75, 3.05) is 33.7 Å². The molecule has 1 aliphatic rings. The first-order valence-corrected chi connectivity index (χ1v) is 7.54. The van der Waals surface area contributed by atoms with Gasteiger partial charge in [-0.25, -0.2) is 0 Å². The standard InChI is InChI=1S/C16H25ClN2O/c1-16(2,11-19(3)4)10-18-9-14-8-12-7-13(17)5-6-15(12)20-14/h5-7,14,18H,8-11H2,1-4H3. The first-order chi connectivity index (χ1) is 9.35. The molecule has 0 saturated carbocycles. The smallest absolute Gasteiger partial charge is 0.123 e. The summed E-state index contributed by atoms with van der Waals surface area (Å²) in [6.45, 7) is 7.50. The minimum atomic E-state index is 0.221. The molecule has 1 atom stereocenters. The maximum Gasteiger partial charge on any atom is 0.123 e. The number of benzene rings is 1. The van der Waals surface area contributed by atoms with Gasteiger partial charge in [0.05, 0.1) is 0 Å². The molecule has 2 rings (SSSR count). The van der Waals surface area contributed by atoms with E-state index in [0.717, 1.165) is 36.8 Å². The third-order valence-corrected chi connectivity index (χ3v) is 3.72. The first kappa shape index (κ1) is 15.6. The molecule has 0 bridgehead atoms. The number of hydrogen-bond donors (Lipinski definition) is 1. The molecule has 0 aliphatic carbocycles. The molecular formula is C16H25ClN2O. The molecule has 0 radical (unpaired) electrons. The third-order valence-electron chi connectivity index (χ3n) is 3.48. The zero-order valence-corrected chi connectivity index (χ0v) is 13.6. The van der Waals surface area contributed by atoms with Crippen molar-refractivity contribution in [2.24, 2.45) is 5.41 Å². The molecular weight excluding hydrogens is 272 g/mol. The molecule has 1 aromatic rings. The molecule has 0 aromatic heterocycles. The molecule has 1 unspecified atom stereocenters. The van der Waals surface area contributed by atoms with Crippen LogP contribution in [0.15, 0.2) is 18.2 Å². The Morgan fingerprint density at radius 1 is 1.40 bits per heavy atom. The number of nitrogens with zero attached hydrogens (tertiary/aromatic N) is 1. The van der Waals surface area contributed by atoms with Gasteiger partial charge in [-0.1, -0.05) is 25.4 Å². The van der Waals surface area contributed by atoms with Gasteiger partial charge in [-0.3, -0.25) is 0 Å². The number of ether oxygens (including phenoxy) is 1. The van der Waals surface area contributed by atoms with E-state index in [1.165, 1.54) is 5.56 Å². The Kier molecular flexibility index (Phi) is 4.95. The van der Waals surface area contributed by atoms with Crippen molar-refractivity contribution < 1.29 is 4.74 Å². The van der Waals surface area contributed by atoms with E-state index in [4.69, 9.17) is 16.3 Å². The van der Waals surface area contributed by atoms with Crippen molar-refractivity contribution in [3.05, 3.63) is 28.8 Å². The molecule has 1 N–H and O–H groups in total. The van der Waals surface area contributed by atoms with E-state index in [9.17, 15) is 0 Å². The van der Waals surface area contributed by atoms with E-state index in [-0.39, 0.29) is 11.5 Å². The molecule has 20 heavy (non-hydrogen) atoms. The Labute approximate surface area is 127 Å². The second-order valence-electron chi connectivity index (χ2n) is 6.73. The van der Waals surface area contributed by atoms with Crippen molar-refractivity contribution in [3.8, 4) is 5.75 Å². The van der Waals surface area contributed by atoms with E-state index < -0.39 is 0 Å². The van der Waals surface area contributed by atoms with Crippen LogP contribution in [-0.2, 0) is 6.42 Å². The van der Waals surface area contributed by atoms with Crippen LogP contribution in [0.1, 0.15) is 19.4 Å². The van der Waals surface area contributed by atoms with Gasteiger partial charge in [-0.2, -0.15) is 0 Å². The van der Waals surface area contributed by atoms with Crippen LogP contribution in [0.3, 0.4) is 0 Å². The predicted molar refractivity (Wildman–Crippen MR) is 84.8 cm³/mol. The van der Waals surface area contributed by atoms with Crippen molar-refractivity contribution in [1.29, 1.82) is 0 Å². The minimum Gasteiger partial charge on any atom is -0.488 e. The number of halogens is 1. The molecule has 4 heteroatoms. The van der Waals surface area contributed by atoms with Crippen LogP contribution >= 0.6 is 11.6 Å². The molecule has 3 nitrogen and oxygen atoms in total. The lowest BCUT2D eigenvalue weighted by molar-refractivity contribution is 0.199. The Bertz CT molecular complexity index is 460. The van der Waals surface area contributed by atoms with Crippen molar-refractivity contribution in [1.82, 2.24) is 10.2 Å². The van der Waals surface area contributed by atoms with Gasteiger partial charge in [0.25, 0.3) is 0 Å². The molecule has 0 amide bonds. The Morgan fingerprint density at radius 2 is 2.15 bits per heavy atom. The number of fused-ring (bicyclic) bond motifs is 1. The highest BCUT2D eigenvalue weighted by Gasteiger charge is 2.24. The average Bonchev–Trinajstić information content (AvgIpc) is 2.68. The predicted octanol–water partition coefficient (Wildman–Crippen LogP) is 2.82. The Balaban J connectivity index is 1.77. The van der Waals surface area contributed by atoms with E-state index >= 15 is 0 Å². The van der Waals surface area contributed by atoms with Crippen LogP contribution in [0.2, 0.25) is 5.02 Å². The summed E-state index contributed by atoms with van der Waals surface area (Å²) in [5.74, 6) is 0.980. The quantitative estimate of drug-likeness (QED) is 0.874. The number of hydrogen-bond acceptors (Lipinski definition) is 3. The second kappa shape index (κ2) is 6.33. The topological polar surface area (TPSA) is 24.5 Å². The third kappa shape index (κ3) is 4.37. The van der Waals surface area contributed by atoms with Gasteiger partial charge in [0.15, 0.2) is 0 Å². The zero-order valence-electron chi connectivity index (χ0n) is 12.9. The fourth-order valence-electron chi connectivity index (χ4n) is 2.89. The molecule has 1 aromatic carbocycles. The van der Waals surface area contributed by atoms with E-state index in [0.29, 0.717) is 0 Å². The summed E-state index contributed by atoms with van der Waals surface area (Å²) in [4.78, 5) is 2.23. The largest absolute Gasteiger partial charge is 0.488 e. The molecule has 0 fully saturated rings. The highest BCUT2D eigenvalue weighted by atomic mass is 35.5. The van der Waals surface area contributed by atoms with Gasteiger partial charge in [0.1, 0.15) is 11.9 Å². The fourth-order valence-corrected chi connectivity index (χ4v) is 3.08. The van der Waals surface area contributed by atoms with E-state index in [2.05, 4.69) is 38.2 Å². The highest BCUT2D eigenvalue weighted by molar-refractivity contribution is 6.30. The van der Waals surface area contributed by atoms with Crippen LogP contribution in [0.4, 0.5) is 0 Å². The lowest BCUT2D eigenvalue weighted by Crippen LogP contribution is -2.40. The first-order valence-electron chi connectivity index (χ1n) is 7.16. The van der Waals surface area contributed by atoms with Crippen LogP contribution < -0.4 is 10.1 Å². The van der Waals surface area contributed by atoms with Crippen LogP contribution in [0.25, 0.3) is 0 Å². The number of rotatable bonds is 6. The summed E-state index contributed by atoms with van der Waals surface area (Å²) < 4.78 is 5.93. The number of nitrogens with one attached hydrogen (secondary N) is 1. The summed E-state index contributed by atoms with van der Waals surface area (Å²) in [6.07, 6.45) is 1.16. The zero-order chi connectivity index (χ0) is 14.8. The van der Waals surface area contributed by atoms with Gasteiger partial charge in [0, 0.05) is 31.1 Å². The molecule has 1 aliphatic heterocycles. The van der Waals surface area contributed by atoms with Crippen molar-refractivity contribution in [2.45, 2.75) is 26.4 Å². The monoisotopic (exact) mass is 296 g/mol. The maximum atomic E-state index is 6.01. The molecule has 1 heterocycles. The molecule has 112 valence electrons. The lowest BCUT2D eigenvalue weighted by atomic mass is 9.93.